The van der Waals surface area contributed by atoms with Crippen molar-refractivity contribution in [3.05, 3.63) is 109 Å². The molecule has 428 valence electrons. The van der Waals surface area contributed by atoms with Crippen LogP contribution >= 0.6 is 0 Å². The van der Waals surface area contributed by atoms with E-state index in [4.69, 9.17) is 18.9 Å². The summed E-state index contributed by atoms with van der Waals surface area (Å²) in [5.74, 6) is -2.30. The van der Waals surface area contributed by atoms with Crippen molar-refractivity contribution >= 4 is 17.9 Å². The number of carboxylic acid groups (broad SMARTS) is 1. The van der Waals surface area contributed by atoms with Crippen LogP contribution in [0.2, 0.25) is 0 Å². The van der Waals surface area contributed by atoms with Crippen LogP contribution in [0.15, 0.2) is 109 Å². The minimum atomic E-state index is -1.63. The average Bonchev–Trinajstić information content (AvgIpc) is 3.38. The van der Waals surface area contributed by atoms with Gasteiger partial charge in [0.15, 0.2) is 12.4 Å². The van der Waals surface area contributed by atoms with Gasteiger partial charge in [-0.3, -0.25) is 9.59 Å². The van der Waals surface area contributed by atoms with Gasteiger partial charge in [-0.25, -0.2) is 0 Å². The molecule has 0 amide bonds. The maximum absolute atomic E-state index is 12.8. The van der Waals surface area contributed by atoms with Gasteiger partial charge in [0.2, 0.25) is 0 Å². The Bertz CT molecular complexity index is 1590. The molecule has 0 aromatic rings. The molecule has 0 radical (unpaired) electrons. The normalized spacial score (nSPS) is 13.6. The molecule has 0 aromatic carbocycles. The van der Waals surface area contributed by atoms with Crippen molar-refractivity contribution in [2.45, 2.75) is 245 Å². The lowest BCUT2D eigenvalue weighted by Crippen LogP contribution is -2.44. The van der Waals surface area contributed by atoms with Gasteiger partial charge in [0.1, 0.15) is 13.2 Å². The number of carbonyl (C=O) groups is 3. The van der Waals surface area contributed by atoms with E-state index in [-0.39, 0.29) is 38.6 Å². The van der Waals surface area contributed by atoms with Gasteiger partial charge in [-0.2, -0.15) is 0 Å². The highest BCUT2D eigenvalue weighted by molar-refractivity contribution is 5.70. The number of carbonyl (C=O) groups excluding carboxylic acids is 3. The van der Waals surface area contributed by atoms with Crippen molar-refractivity contribution < 1.29 is 42.9 Å². The number of esters is 2. The maximum Gasteiger partial charge on any atom is 0.306 e. The van der Waals surface area contributed by atoms with E-state index in [1.54, 1.807) is 0 Å². The molecule has 2 unspecified atom stereocenters. The Morgan fingerprint density at radius 2 is 0.760 bits per heavy atom. The lowest BCUT2D eigenvalue weighted by atomic mass is 10.0. The predicted octanol–water partition coefficient (Wildman–Crippen LogP) is 16.6. The number of allylic oxidation sites excluding steroid dienone is 18. The van der Waals surface area contributed by atoms with Crippen molar-refractivity contribution in [1.29, 1.82) is 0 Å². The molecule has 0 rings (SSSR count). The molecular formula is C66H111NO8. The maximum atomic E-state index is 12.8. The SMILES string of the molecule is CC/C=C\C/C=C\C/C=C\C/C=C\C/C=C\C/C=C\C/C=C\C/C=C\CCCCCCCCCCCCCCCCC(=O)OC(COC(=O)CCCCCCC/C=C\CCCC)COC(OCC[N+](C)(C)C)C(=O)[O-]. The number of hydrogen-bond acceptors (Lipinski definition) is 8. The third-order valence-corrected chi connectivity index (χ3v) is 12.5. The second-order valence-corrected chi connectivity index (χ2v) is 20.9. The van der Waals surface area contributed by atoms with Gasteiger partial charge in [-0.05, 0) is 96.3 Å². The first kappa shape index (κ1) is 71.0. The van der Waals surface area contributed by atoms with E-state index in [2.05, 4.69) is 123 Å². The highest BCUT2D eigenvalue weighted by Gasteiger charge is 2.22. The van der Waals surface area contributed by atoms with Gasteiger partial charge in [-0.1, -0.05) is 232 Å². The van der Waals surface area contributed by atoms with Gasteiger partial charge in [0, 0.05) is 12.8 Å². The van der Waals surface area contributed by atoms with Gasteiger partial charge < -0.3 is 33.3 Å². The monoisotopic (exact) mass is 1050 g/mol. The summed E-state index contributed by atoms with van der Waals surface area (Å²) in [6.07, 6.45) is 74.5. The minimum Gasteiger partial charge on any atom is -0.545 e. The zero-order valence-corrected chi connectivity index (χ0v) is 48.6. The standard InChI is InChI=1S/C66H111NO8/c1-6-8-10-12-14-16-18-19-20-21-22-23-24-25-26-27-28-29-30-31-32-33-34-35-36-37-38-39-40-41-42-43-44-45-47-49-51-53-55-57-64(69)75-62(61-74-66(65(70)71)72-59-58-67(3,4)5)60-73-63(68)56-54-52-50-48-46-17-15-13-11-9-7-2/h8,10,13-16,19-20,22-23,25-26,28-29,31-32,34-35,62,66H,6-7,9,11-12,17-18,21,24,27,30,33,36-61H2,1-5H3/b10-8-,15-13-,16-14-,20-19-,23-22-,26-25-,29-28-,32-31-,35-34-. The van der Waals surface area contributed by atoms with E-state index >= 15 is 0 Å². The topological polar surface area (TPSA) is 111 Å². The largest absolute Gasteiger partial charge is 0.545 e. The van der Waals surface area contributed by atoms with Gasteiger partial charge in [-0.15, -0.1) is 0 Å². The number of carboxylic acids is 1. The third-order valence-electron chi connectivity index (χ3n) is 12.5. The fourth-order valence-electron chi connectivity index (χ4n) is 7.89. The summed E-state index contributed by atoms with van der Waals surface area (Å²) in [5.41, 5.74) is 0. The highest BCUT2D eigenvalue weighted by atomic mass is 16.7. The summed E-state index contributed by atoms with van der Waals surface area (Å²) < 4.78 is 22.6. The van der Waals surface area contributed by atoms with Crippen molar-refractivity contribution in [3.8, 4) is 0 Å². The number of aliphatic carboxylic acids is 1. The fraction of sp³-hybridized carbons (Fsp3) is 0.682. The smallest absolute Gasteiger partial charge is 0.306 e. The molecule has 0 aliphatic heterocycles. The molecular weight excluding hydrogens is 935 g/mol. The predicted molar refractivity (Wildman–Crippen MR) is 315 cm³/mol. The number of unbranched alkanes of at least 4 members (excludes halogenated alkanes) is 21. The quantitative estimate of drug-likeness (QED) is 0.0195. The Morgan fingerprint density at radius 1 is 0.413 bits per heavy atom. The van der Waals surface area contributed by atoms with Crippen LogP contribution in [0.3, 0.4) is 0 Å². The Kier molecular flexibility index (Phi) is 53.1. The van der Waals surface area contributed by atoms with E-state index in [0.717, 1.165) is 116 Å². The lowest BCUT2D eigenvalue weighted by Gasteiger charge is -2.26. The van der Waals surface area contributed by atoms with Gasteiger partial charge in [0.05, 0.1) is 40.3 Å². The highest BCUT2D eigenvalue weighted by Crippen LogP contribution is 2.15. The summed E-state index contributed by atoms with van der Waals surface area (Å²) in [4.78, 5) is 37.1. The molecule has 0 saturated carbocycles. The summed E-state index contributed by atoms with van der Waals surface area (Å²) in [6.45, 7) is 4.57. The molecule has 2 atom stereocenters. The van der Waals surface area contributed by atoms with Crippen LogP contribution in [0.1, 0.15) is 232 Å². The zero-order valence-electron chi connectivity index (χ0n) is 48.6. The van der Waals surface area contributed by atoms with E-state index < -0.39 is 24.3 Å². The molecule has 9 heteroatoms. The van der Waals surface area contributed by atoms with Crippen LogP contribution in [0.5, 0.6) is 0 Å². The first-order valence-corrected chi connectivity index (χ1v) is 30.0. The molecule has 0 saturated heterocycles. The first-order valence-electron chi connectivity index (χ1n) is 30.0. The molecule has 0 bridgehead atoms. The molecule has 0 heterocycles. The molecule has 0 N–H and O–H groups in total. The van der Waals surface area contributed by atoms with Crippen LogP contribution < -0.4 is 5.11 Å². The Labute approximate surface area is 460 Å². The van der Waals surface area contributed by atoms with E-state index in [9.17, 15) is 19.5 Å². The first-order chi connectivity index (χ1) is 36.6. The third kappa shape index (κ3) is 57.5. The molecule has 0 spiro atoms. The molecule has 9 nitrogen and oxygen atoms in total. The molecule has 75 heavy (non-hydrogen) atoms. The Balaban J connectivity index is 4.05. The van der Waals surface area contributed by atoms with Crippen molar-refractivity contribution in [3.63, 3.8) is 0 Å². The molecule has 0 aliphatic carbocycles. The van der Waals surface area contributed by atoms with Crippen LogP contribution in [0, 0.1) is 0 Å². The molecule has 0 fully saturated rings. The molecule has 0 aromatic heterocycles. The summed E-state index contributed by atoms with van der Waals surface area (Å²) in [5, 5.41) is 11.7. The van der Waals surface area contributed by atoms with Gasteiger partial charge >= 0.3 is 11.9 Å². The van der Waals surface area contributed by atoms with Crippen molar-refractivity contribution in [2.75, 3.05) is 47.5 Å². The number of hydrogen-bond donors (Lipinski definition) is 0. The van der Waals surface area contributed by atoms with Crippen LogP contribution in [-0.4, -0.2) is 82.3 Å². The fourth-order valence-corrected chi connectivity index (χ4v) is 7.89. The van der Waals surface area contributed by atoms with Crippen molar-refractivity contribution in [1.82, 2.24) is 0 Å². The van der Waals surface area contributed by atoms with Crippen LogP contribution in [0.25, 0.3) is 0 Å². The summed E-state index contributed by atoms with van der Waals surface area (Å²) in [7, 11) is 5.91. The van der Waals surface area contributed by atoms with Crippen molar-refractivity contribution in [2.24, 2.45) is 0 Å². The number of nitrogens with zero attached hydrogens (tertiary/aromatic N) is 1. The Morgan fingerprint density at radius 3 is 1.15 bits per heavy atom. The average molecular weight is 1050 g/mol. The second kappa shape index (κ2) is 56.2. The Hall–Kier alpha value is -4.05. The number of quaternary nitrogens is 1. The van der Waals surface area contributed by atoms with Gasteiger partial charge in [0.25, 0.3) is 0 Å². The van der Waals surface area contributed by atoms with E-state index in [0.29, 0.717) is 17.4 Å². The second-order valence-electron chi connectivity index (χ2n) is 20.9. The van der Waals surface area contributed by atoms with Crippen LogP contribution in [-0.2, 0) is 33.3 Å². The summed E-state index contributed by atoms with van der Waals surface area (Å²) >= 11 is 0. The van der Waals surface area contributed by atoms with E-state index in [1.807, 2.05) is 21.1 Å². The lowest BCUT2D eigenvalue weighted by molar-refractivity contribution is -0.870. The number of likely N-dealkylation sites (N-methyl/N-ethyl adjacent to an activating group) is 1. The number of ether oxygens (including phenoxy) is 4. The minimum absolute atomic E-state index is 0.143. The number of rotatable bonds is 54. The van der Waals surface area contributed by atoms with E-state index in [1.165, 1.54) is 83.5 Å². The van der Waals surface area contributed by atoms with Crippen LogP contribution in [0.4, 0.5) is 0 Å². The molecule has 0 aliphatic rings. The zero-order chi connectivity index (χ0) is 54.8. The summed E-state index contributed by atoms with van der Waals surface area (Å²) in [6, 6.07) is 0.